The Kier molecular flexibility index (Phi) is 3.42. The number of halogens is 1. The Morgan fingerprint density at radius 3 is 2.55 bits per heavy atom. The number of ether oxygens (including phenoxy) is 1. The normalized spacial score (nSPS) is 10.5. The van der Waals surface area contributed by atoms with Gasteiger partial charge in [-0.2, -0.15) is 4.68 Å². The molecule has 100 valence electrons. The molecule has 6 nitrogen and oxygen atoms in total. The van der Waals surface area contributed by atoms with Gasteiger partial charge in [-0.25, -0.2) is 4.98 Å². The van der Waals surface area contributed by atoms with Gasteiger partial charge in [-0.15, -0.1) is 5.10 Å². The van der Waals surface area contributed by atoms with Gasteiger partial charge >= 0.3 is 0 Å². The minimum Gasteiger partial charge on any atom is -0.497 e. The predicted molar refractivity (Wildman–Crippen MR) is 76.6 cm³/mol. The van der Waals surface area contributed by atoms with Crippen molar-refractivity contribution < 1.29 is 4.74 Å². The van der Waals surface area contributed by atoms with E-state index in [1.54, 1.807) is 18.0 Å². The summed E-state index contributed by atoms with van der Waals surface area (Å²) in [6.45, 7) is 0. The van der Waals surface area contributed by atoms with Gasteiger partial charge in [-0.05, 0) is 62.8 Å². The Balaban J connectivity index is 2.02. The van der Waals surface area contributed by atoms with Crippen molar-refractivity contribution in [3.05, 3.63) is 47.1 Å². The number of rotatable bonds is 3. The number of nitrogens with zero attached hydrogens (tertiary/aromatic N) is 5. The summed E-state index contributed by atoms with van der Waals surface area (Å²) in [6.07, 6.45) is 1.70. The molecular weight excluding hydrogens is 322 g/mol. The summed E-state index contributed by atoms with van der Waals surface area (Å²) in [5.41, 5.74) is 0.889. The summed E-state index contributed by atoms with van der Waals surface area (Å²) >= 11 is 3.35. The van der Waals surface area contributed by atoms with Crippen LogP contribution in [0.15, 0.2) is 47.1 Å². The van der Waals surface area contributed by atoms with Gasteiger partial charge in [-0.3, -0.25) is 0 Å². The second-order valence-corrected chi connectivity index (χ2v) is 4.89. The molecule has 3 aromatic rings. The fourth-order valence-corrected chi connectivity index (χ4v) is 1.99. The molecule has 0 radical (unpaired) electrons. The third-order valence-corrected chi connectivity index (χ3v) is 3.22. The first-order valence-corrected chi connectivity index (χ1v) is 6.62. The average Bonchev–Trinajstić information content (AvgIpc) is 2.97. The average molecular weight is 332 g/mol. The number of methoxy groups -OCH3 is 1. The zero-order valence-corrected chi connectivity index (χ0v) is 12.1. The van der Waals surface area contributed by atoms with Crippen LogP contribution >= 0.6 is 15.9 Å². The van der Waals surface area contributed by atoms with E-state index >= 15 is 0 Å². The highest BCUT2D eigenvalue weighted by Crippen LogP contribution is 2.21. The SMILES string of the molecule is COc1ccc(-c2nnnn2-c2ccc(Br)cn2)cc1. The molecule has 2 aromatic heterocycles. The lowest BCUT2D eigenvalue weighted by atomic mass is 10.2. The topological polar surface area (TPSA) is 65.7 Å². The van der Waals surface area contributed by atoms with Crippen LogP contribution in [0.1, 0.15) is 0 Å². The van der Waals surface area contributed by atoms with Crippen LogP contribution in [0.2, 0.25) is 0 Å². The van der Waals surface area contributed by atoms with Gasteiger partial charge in [0.15, 0.2) is 11.6 Å². The van der Waals surface area contributed by atoms with E-state index in [1.165, 1.54) is 0 Å². The second-order valence-electron chi connectivity index (χ2n) is 3.98. The quantitative estimate of drug-likeness (QED) is 0.737. The van der Waals surface area contributed by atoms with Gasteiger partial charge in [0.25, 0.3) is 0 Å². The number of hydrogen-bond acceptors (Lipinski definition) is 5. The van der Waals surface area contributed by atoms with E-state index in [1.807, 2.05) is 36.4 Å². The van der Waals surface area contributed by atoms with Crippen LogP contribution in [0.5, 0.6) is 5.75 Å². The molecule has 20 heavy (non-hydrogen) atoms. The highest BCUT2D eigenvalue weighted by molar-refractivity contribution is 9.10. The summed E-state index contributed by atoms with van der Waals surface area (Å²) in [7, 11) is 1.63. The first-order chi connectivity index (χ1) is 9.78. The highest BCUT2D eigenvalue weighted by Gasteiger charge is 2.11. The minimum absolute atomic E-state index is 0.627. The maximum Gasteiger partial charge on any atom is 0.188 e. The molecule has 1 aromatic carbocycles. The van der Waals surface area contributed by atoms with Crippen LogP contribution in [-0.4, -0.2) is 32.3 Å². The van der Waals surface area contributed by atoms with Crippen LogP contribution < -0.4 is 4.74 Å². The lowest BCUT2D eigenvalue weighted by Crippen LogP contribution is -2.02. The van der Waals surface area contributed by atoms with E-state index in [0.717, 1.165) is 15.8 Å². The third-order valence-electron chi connectivity index (χ3n) is 2.75. The predicted octanol–water partition coefficient (Wildman–Crippen LogP) is 2.50. The van der Waals surface area contributed by atoms with Crippen molar-refractivity contribution in [1.29, 1.82) is 0 Å². The standard InChI is InChI=1S/C13H10BrN5O/c1-20-11-5-2-9(3-6-11)13-16-17-18-19(13)12-7-4-10(14)8-15-12/h2-8H,1H3. The van der Waals surface area contributed by atoms with Crippen molar-refractivity contribution >= 4 is 15.9 Å². The Bertz CT molecular complexity index is 708. The van der Waals surface area contributed by atoms with Crippen LogP contribution in [0.25, 0.3) is 17.2 Å². The molecule has 0 aliphatic carbocycles. The summed E-state index contributed by atoms with van der Waals surface area (Å²) in [4.78, 5) is 4.29. The van der Waals surface area contributed by atoms with Crippen molar-refractivity contribution in [2.24, 2.45) is 0 Å². The van der Waals surface area contributed by atoms with Gasteiger partial charge in [-0.1, -0.05) is 0 Å². The van der Waals surface area contributed by atoms with E-state index < -0.39 is 0 Å². The summed E-state index contributed by atoms with van der Waals surface area (Å²) in [6, 6.07) is 11.3. The summed E-state index contributed by atoms with van der Waals surface area (Å²) in [5.74, 6) is 2.07. The molecule has 2 heterocycles. The van der Waals surface area contributed by atoms with Crippen LogP contribution in [0, 0.1) is 0 Å². The lowest BCUT2D eigenvalue weighted by Gasteiger charge is -2.04. The Morgan fingerprint density at radius 1 is 1.10 bits per heavy atom. The molecule has 0 N–H and O–H groups in total. The summed E-state index contributed by atoms with van der Waals surface area (Å²) in [5, 5.41) is 11.8. The molecule has 3 rings (SSSR count). The molecule has 0 atom stereocenters. The van der Waals surface area contributed by atoms with E-state index in [9.17, 15) is 0 Å². The van der Waals surface area contributed by atoms with Crippen LogP contribution in [0.4, 0.5) is 0 Å². The Labute approximate surface area is 123 Å². The van der Waals surface area contributed by atoms with Crippen molar-refractivity contribution in [3.8, 4) is 23.0 Å². The van der Waals surface area contributed by atoms with Crippen molar-refractivity contribution in [2.45, 2.75) is 0 Å². The van der Waals surface area contributed by atoms with E-state index in [-0.39, 0.29) is 0 Å². The number of benzene rings is 1. The molecule has 0 saturated heterocycles. The Morgan fingerprint density at radius 2 is 1.90 bits per heavy atom. The number of aromatic nitrogens is 5. The molecule has 0 amide bonds. The van der Waals surface area contributed by atoms with E-state index in [0.29, 0.717) is 11.6 Å². The molecule has 0 saturated carbocycles. The minimum atomic E-state index is 0.627. The van der Waals surface area contributed by atoms with Crippen LogP contribution in [-0.2, 0) is 0 Å². The molecular formula is C13H10BrN5O. The number of hydrogen-bond donors (Lipinski definition) is 0. The largest absolute Gasteiger partial charge is 0.497 e. The maximum absolute atomic E-state index is 5.14. The van der Waals surface area contributed by atoms with Crippen molar-refractivity contribution in [3.63, 3.8) is 0 Å². The number of pyridine rings is 1. The van der Waals surface area contributed by atoms with Gasteiger partial charge < -0.3 is 4.74 Å². The summed E-state index contributed by atoms with van der Waals surface area (Å²) < 4.78 is 7.63. The number of tetrazole rings is 1. The first-order valence-electron chi connectivity index (χ1n) is 5.82. The zero-order valence-electron chi connectivity index (χ0n) is 10.6. The van der Waals surface area contributed by atoms with Gasteiger partial charge in [0.2, 0.25) is 0 Å². The van der Waals surface area contributed by atoms with Gasteiger partial charge in [0.05, 0.1) is 7.11 Å². The molecule has 0 bridgehead atoms. The molecule has 7 heteroatoms. The highest BCUT2D eigenvalue weighted by atomic mass is 79.9. The molecule has 0 aliphatic rings. The monoisotopic (exact) mass is 331 g/mol. The third kappa shape index (κ3) is 2.39. The second kappa shape index (κ2) is 5.38. The lowest BCUT2D eigenvalue weighted by molar-refractivity contribution is 0.415. The smallest absolute Gasteiger partial charge is 0.188 e. The Hall–Kier alpha value is -2.28. The van der Waals surface area contributed by atoms with E-state index in [4.69, 9.17) is 4.74 Å². The van der Waals surface area contributed by atoms with Crippen LogP contribution in [0.3, 0.4) is 0 Å². The first kappa shape index (κ1) is 12.7. The fourth-order valence-electron chi connectivity index (χ4n) is 1.75. The van der Waals surface area contributed by atoms with Crippen molar-refractivity contribution in [2.75, 3.05) is 7.11 Å². The molecule has 0 spiro atoms. The zero-order chi connectivity index (χ0) is 13.9. The molecule has 0 unspecified atom stereocenters. The van der Waals surface area contributed by atoms with Gasteiger partial charge in [0.1, 0.15) is 5.75 Å². The molecule has 0 aliphatic heterocycles. The van der Waals surface area contributed by atoms with Crippen molar-refractivity contribution in [1.82, 2.24) is 25.2 Å². The van der Waals surface area contributed by atoms with Gasteiger partial charge in [0, 0.05) is 16.2 Å². The maximum atomic E-state index is 5.14. The molecule has 0 fully saturated rings. The van der Waals surface area contributed by atoms with E-state index in [2.05, 4.69) is 36.4 Å². The fraction of sp³-hybridized carbons (Fsp3) is 0.0769.